The number of hydrogen-bond acceptors (Lipinski definition) is 4. The number of hydrogen-bond donors (Lipinski definition) is 2. The van der Waals surface area contributed by atoms with E-state index in [2.05, 4.69) is 5.32 Å². The van der Waals surface area contributed by atoms with Gasteiger partial charge in [0.15, 0.2) is 0 Å². The van der Waals surface area contributed by atoms with Gasteiger partial charge in [-0.05, 0) is 55.2 Å². The lowest BCUT2D eigenvalue weighted by Crippen LogP contribution is -2.41. The molecule has 1 fully saturated rings. The minimum Gasteiger partial charge on any atom is -0.497 e. The number of nitrogens with one attached hydrogen (secondary N) is 1. The molecule has 29 heavy (non-hydrogen) atoms. The molecule has 1 aliphatic carbocycles. The molecule has 3 N–H and O–H groups in total. The number of nitrogens with zero attached hydrogens (tertiary/aromatic N) is 2. The first-order valence-corrected chi connectivity index (χ1v) is 9.50. The molecule has 7 heteroatoms. The lowest BCUT2D eigenvalue weighted by molar-refractivity contribution is 0.0934. The van der Waals surface area contributed by atoms with Gasteiger partial charge in [0.1, 0.15) is 11.4 Å². The number of aromatic nitrogens is 2. The highest BCUT2D eigenvalue weighted by Gasteiger charge is 2.32. The summed E-state index contributed by atoms with van der Waals surface area (Å²) in [5, 5.41) is 7.81. The zero-order valence-corrected chi connectivity index (χ0v) is 17.1. The summed E-state index contributed by atoms with van der Waals surface area (Å²) in [5.41, 5.74) is 8.79. The number of methoxy groups -OCH3 is 1. The van der Waals surface area contributed by atoms with E-state index in [0.717, 1.165) is 29.8 Å². The normalized spacial score (nSPS) is 14.0. The predicted molar refractivity (Wildman–Crippen MR) is 116 cm³/mol. The van der Waals surface area contributed by atoms with Crippen LogP contribution in [0.25, 0.3) is 16.9 Å². The van der Waals surface area contributed by atoms with Gasteiger partial charge in [-0.15, -0.1) is 12.4 Å². The Balaban J connectivity index is 0.00000240. The summed E-state index contributed by atoms with van der Waals surface area (Å²) in [4.78, 5) is 13.1. The standard InChI is InChI=1S/C22H24N4O2.ClH/c1-28-18-11-9-16(10-12-18)21-19(22(27)24-20(13-23)15-7-8-15)14-26(25-21)17-5-3-2-4-6-17;/h2-6,9-12,14-15,20H,7-8,13,23H2,1H3,(H,24,27);1H. The number of amides is 1. The minimum atomic E-state index is -0.143. The molecule has 2 aromatic carbocycles. The van der Waals surface area contributed by atoms with Gasteiger partial charge in [-0.3, -0.25) is 4.79 Å². The van der Waals surface area contributed by atoms with Crippen LogP contribution in [0, 0.1) is 5.92 Å². The van der Waals surface area contributed by atoms with Crippen molar-refractivity contribution in [3.8, 4) is 22.7 Å². The second-order valence-electron chi connectivity index (χ2n) is 7.05. The van der Waals surface area contributed by atoms with E-state index in [0.29, 0.717) is 23.7 Å². The molecule has 4 rings (SSSR count). The van der Waals surface area contributed by atoms with Crippen LogP contribution in [0.3, 0.4) is 0 Å². The van der Waals surface area contributed by atoms with Crippen molar-refractivity contribution in [2.24, 2.45) is 11.7 Å². The Labute approximate surface area is 176 Å². The van der Waals surface area contributed by atoms with Gasteiger partial charge in [0.25, 0.3) is 5.91 Å². The molecule has 1 amide bonds. The van der Waals surface area contributed by atoms with Gasteiger partial charge in [-0.1, -0.05) is 18.2 Å². The van der Waals surface area contributed by atoms with Crippen molar-refractivity contribution < 1.29 is 9.53 Å². The van der Waals surface area contributed by atoms with Gasteiger partial charge >= 0.3 is 0 Å². The van der Waals surface area contributed by atoms with Crippen molar-refractivity contribution >= 4 is 18.3 Å². The highest BCUT2D eigenvalue weighted by atomic mass is 35.5. The van der Waals surface area contributed by atoms with Crippen molar-refractivity contribution in [3.63, 3.8) is 0 Å². The maximum Gasteiger partial charge on any atom is 0.255 e. The van der Waals surface area contributed by atoms with Gasteiger partial charge in [0.05, 0.1) is 18.4 Å². The average Bonchev–Trinajstić information content (AvgIpc) is 3.50. The van der Waals surface area contributed by atoms with Crippen LogP contribution in [0.2, 0.25) is 0 Å². The predicted octanol–water partition coefficient (Wildman–Crippen LogP) is 3.44. The lowest BCUT2D eigenvalue weighted by Gasteiger charge is -2.15. The molecule has 0 aliphatic heterocycles. The van der Waals surface area contributed by atoms with Gasteiger partial charge in [0, 0.05) is 24.3 Å². The fourth-order valence-corrected chi connectivity index (χ4v) is 3.33. The van der Waals surface area contributed by atoms with Crippen LogP contribution in [0.4, 0.5) is 0 Å². The molecule has 1 unspecified atom stereocenters. The summed E-state index contributed by atoms with van der Waals surface area (Å²) in [7, 11) is 1.63. The molecule has 1 aliphatic rings. The topological polar surface area (TPSA) is 82.2 Å². The summed E-state index contributed by atoms with van der Waals surface area (Å²) in [6.07, 6.45) is 4.03. The number of carbonyl (C=O) groups is 1. The Kier molecular flexibility index (Phi) is 6.56. The first-order chi connectivity index (χ1) is 13.7. The highest BCUT2D eigenvalue weighted by Crippen LogP contribution is 2.33. The number of halogens is 1. The summed E-state index contributed by atoms with van der Waals surface area (Å²) in [6.45, 7) is 0.446. The van der Waals surface area contributed by atoms with Crippen LogP contribution in [0.15, 0.2) is 60.8 Å². The third-order valence-corrected chi connectivity index (χ3v) is 5.10. The second kappa shape index (κ2) is 9.11. The Morgan fingerprint density at radius 2 is 1.90 bits per heavy atom. The highest BCUT2D eigenvalue weighted by molar-refractivity contribution is 6.00. The zero-order chi connectivity index (χ0) is 19.5. The SMILES string of the molecule is COc1ccc(-c2nn(-c3ccccc3)cc2C(=O)NC(CN)C2CC2)cc1.Cl. The average molecular weight is 413 g/mol. The molecule has 0 spiro atoms. The van der Waals surface area contributed by atoms with Crippen LogP contribution in [0.5, 0.6) is 5.75 Å². The molecule has 0 bridgehead atoms. The van der Waals surface area contributed by atoms with Crippen LogP contribution >= 0.6 is 12.4 Å². The summed E-state index contributed by atoms with van der Waals surface area (Å²) in [6, 6.07) is 17.3. The molecule has 3 aromatic rings. The maximum absolute atomic E-state index is 13.1. The van der Waals surface area contributed by atoms with E-state index in [9.17, 15) is 4.79 Å². The van der Waals surface area contributed by atoms with E-state index in [1.54, 1.807) is 18.0 Å². The third kappa shape index (κ3) is 4.60. The van der Waals surface area contributed by atoms with Gasteiger partial charge in [0.2, 0.25) is 0 Å². The Hall–Kier alpha value is -2.83. The number of rotatable bonds is 7. The smallest absolute Gasteiger partial charge is 0.255 e. The summed E-state index contributed by atoms with van der Waals surface area (Å²) < 4.78 is 6.98. The monoisotopic (exact) mass is 412 g/mol. The summed E-state index contributed by atoms with van der Waals surface area (Å²) >= 11 is 0. The molecule has 0 radical (unpaired) electrons. The number of nitrogens with two attached hydrogens (primary N) is 1. The molecule has 152 valence electrons. The first kappa shape index (κ1) is 20.9. The molecular weight excluding hydrogens is 388 g/mol. The van der Waals surface area contributed by atoms with Crippen LogP contribution in [-0.4, -0.2) is 35.4 Å². The van der Waals surface area contributed by atoms with E-state index in [-0.39, 0.29) is 24.4 Å². The fourth-order valence-electron chi connectivity index (χ4n) is 3.33. The first-order valence-electron chi connectivity index (χ1n) is 9.50. The number of benzene rings is 2. The summed E-state index contributed by atoms with van der Waals surface area (Å²) in [5.74, 6) is 1.10. The quantitative estimate of drug-likeness (QED) is 0.622. The second-order valence-corrected chi connectivity index (χ2v) is 7.05. The van der Waals surface area contributed by atoms with Crippen molar-refractivity contribution in [3.05, 3.63) is 66.4 Å². The van der Waals surface area contributed by atoms with Crippen molar-refractivity contribution in [2.75, 3.05) is 13.7 Å². The fraction of sp³-hybridized carbons (Fsp3) is 0.273. The van der Waals surface area contributed by atoms with E-state index in [4.69, 9.17) is 15.6 Å². The van der Waals surface area contributed by atoms with Gasteiger partial charge in [-0.2, -0.15) is 5.10 Å². The molecular formula is C22H25ClN4O2. The molecule has 1 heterocycles. The van der Waals surface area contributed by atoms with Crippen molar-refractivity contribution in [1.82, 2.24) is 15.1 Å². The van der Waals surface area contributed by atoms with Crippen molar-refractivity contribution in [1.29, 1.82) is 0 Å². The van der Waals surface area contributed by atoms with E-state index < -0.39 is 0 Å². The maximum atomic E-state index is 13.1. The third-order valence-electron chi connectivity index (χ3n) is 5.10. The molecule has 1 atom stereocenters. The van der Waals surface area contributed by atoms with Gasteiger partial charge < -0.3 is 15.8 Å². The van der Waals surface area contributed by atoms with Gasteiger partial charge in [-0.25, -0.2) is 4.68 Å². The molecule has 6 nitrogen and oxygen atoms in total. The molecule has 1 saturated carbocycles. The van der Waals surface area contributed by atoms with Crippen LogP contribution in [0.1, 0.15) is 23.2 Å². The lowest BCUT2D eigenvalue weighted by atomic mass is 10.1. The van der Waals surface area contributed by atoms with Crippen LogP contribution < -0.4 is 15.8 Å². The van der Waals surface area contributed by atoms with E-state index in [1.807, 2.05) is 54.6 Å². The van der Waals surface area contributed by atoms with E-state index in [1.165, 1.54) is 0 Å². The number of ether oxygens (including phenoxy) is 1. The molecule has 1 aromatic heterocycles. The Bertz CT molecular complexity index is 953. The van der Waals surface area contributed by atoms with Crippen molar-refractivity contribution in [2.45, 2.75) is 18.9 Å². The zero-order valence-electron chi connectivity index (χ0n) is 16.2. The largest absolute Gasteiger partial charge is 0.497 e. The number of carbonyl (C=O) groups excluding carboxylic acids is 1. The van der Waals surface area contributed by atoms with Crippen LogP contribution in [-0.2, 0) is 0 Å². The van der Waals surface area contributed by atoms with E-state index >= 15 is 0 Å². The Morgan fingerprint density at radius 1 is 1.21 bits per heavy atom. The minimum absolute atomic E-state index is 0. The Morgan fingerprint density at radius 3 is 2.48 bits per heavy atom. The number of para-hydroxylation sites is 1. The molecule has 0 saturated heterocycles.